The second-order valence-corrected chi connectivity index (χ2v) is 7.11. The van der Waals surface area contributed by atoms with Crippen LogP contribution in [0.4, 0.5) is 10.2 Å². The molecule has 2 heterocycles. The van der Waals surface area contributed by atoms with Gasteiger partial charge in [-0.25, -0.2) is 14.4 Å². The first-order chi connectivity index (χ1) is 14.2. The van der Waals surface area contributed by atoms with Crippen LogP contribution in [0.25, 0.3) is 33.4 Å². The molecule has 29 heavy (non-hydrogen) atoms. The minimum atomic E-state index is -0.279. The van der Waals surface area contributed by atoms with Gasteiger partial charge in [-0.05, 0) is 48.7 Å². The Morgan fingerprint density at radius 3 is 2.62 bits per heavy atom. The number of aromatic nitrogens is 3. The molecule has 5 rings (SSSR count). The van der Waals surface area contributed by atoms with Crippen LogP contribution in [0.2, 0.25) is 0 Å². The van der Waals surface area contributed by atoms with Gasteiger partial charge in [0.2, 0.25) is 0 Å². The van der Waals surface area contributed by atoms with E-state index in [2.05, 4.69) is 10.3 Å². The van der Waals surface area contributed by atoms with Gasteiger partial charge in [0.05, 0.1) is 7.11 Å². The average molecular weight is 386 g/mol. The summed E-state index contributed by atoms with van der Waals surface area (Å²) >= 11 is 0. The van der Waals surface area contributed by atoms with E-state index < -0.39 is 0 Å². The quantitative estimate of drug-likeness (QED) is 0.518. The van der Waals surface area contributed by atoms with E-state index in [1.807, 2.05) is 30.3 Å². The number of fused-ring (bicyclic) bond motifs is 1. The lowest BCUT2D eigenvalue weighted by molar-refractivity contribution is 0.419. The topological polar surface area (TPSA) is 59.9 Å². The summed E-state index contributed by atoms with van der Waals surface area (Å²) in [6.45, 7) is 0. The van der Waals surface area contributed by atoms with Crippen molar-refractivity contribution in [3.05, 3.63) is 66.7 Å². The summed E-state index contributed by atoms with van der Waals surface area (Å²) in [4.78, 5) is 13.7. The van der Waals surface area contributed by atoms with E-state index in [0.29, 0.717) is 28.7 Å². The summed E-state index contributed by atoms with van der Waals surface area (Å²) < 4.78 is 20.1. The highest BCUT2D eigenvalue weighted by Gasteiger charge is 2.24. The number of anilines is 1. The summed E-state index contributed by atoms with van der Waals surface area (Å²) in [5.74, 6) is 1.60. The summed E-state index contributed by atoms with van der Waals surface area (Å²) in [5.41, 5.74) is 2.75. The fraction of sp³-hybridized carbons (Fsp3) is 0.174. The molecule has 0 unspecified atom stereocenters. The minimum absolute atomic E-state index is 0.279. The highest BCUT2D eigenvalue weighted by atomic mass is 19.1. The number of pyridine rings is 1. The zero-order chi connectivity index (χ0) is 19.8. The van der Waals surface area contributed by atoms with Gasteiger partial charge < -0.3 is 10.1 Å². The molecule has 0 atom stereocenters. The zero-order valence-corrected chi connectivity index (χ0v) is 15.9. The van der Waals surface area contributed by atoms with E-state index in [4.69, 9.17) is 14.7 Å². The first kappa shape index (κ1) is 17.6. The molecule has 0 aliphatic heterocycles. The maximum absolute atomic E-state index is 14.4. The van der Waals surface area contributed by atoms with Gasteiger partial charge in [-0.15, -0.1) is 0 Å². The van der Waals surface area contributed by atoms with Gasteiger partial charge in [0.15, 0.2) is 5.82 Å². The van der Waals surface area contributed by atoms with E-state index in [0.717, 1.165) is 35.2 Å². The Balaban J connectivity index is 1.76. The highest BCUT2D eigenvalue weighted by molar-refractivity contribution is 5.98. The lowest BCUT2D eigenvalue weighted by atomic mass is 10.0. The van der Waals surface area contributed by atoms with E-state index in [1.165, 1.54) is 6.07 Å². The fourth-order valence-electron chi connectivity index (χ4n) is 3.36. The molecule has 1 aliphatic carbocycles. The lowest BCUT2D eigenvalue weighted by Gasteiger charge is -2.15. The number of nitrogens with zero attached hydrogens (tertiary/aromatic N) is 3. The van der Waals surface area contributed by atoms with Gasteiger partial charge in [-0.1, -0.05) is 18.2 Å². The molecule has 2 aromatic heterocycles. The van der Waals surface area contributed by atoms with E-state index >= 15 is 0 Å². The van der Waals surface area contributed by atoms with E-state index in [9.17, 15) is 4.39 Å². The first-order valence-corrected chi connectivity index (χ1v) is 9.54. The van der Waals surface area contributed by atoms with Crippen molar-refractivity contribution in [1.82, 2.24) is 15.0 Å². The molecule has 0 bridgehead atoms. The fourth-order valence-corrected chi connectivity index (χ4v) is 3.36. The number of halogens is 1. The van der Waals surface area contributed by atoms with E-state index in [-0.39, 0.29) is 5.82 Å². The summed E-state index contributed by atoms with van der Waals surface area (Å²) in [6, 6.07) is 14.6. The lowest BCUT2D eigenvalue weighted by Crippen LogP contribution is -2.06. The molecule has 1 fully saturated rings. The molecule has 1 aliphatic rings. The van der Waals surface area contributed by atoms with Gasteiger partial charge in [-0.2, -0.15) is 0 Å². The Morgan fingerprint density at radius 2 is 1.90 bits per heavy atom. The Kier molecular flexibility index (Phi) is 4.31. The number of nitrogens with one attached hydrogen (secondary N) is 1. The van der Waals surface area contributed by atoms with Crippen molar-refractivity contribution in [1.29, 1.82) is 0 Å². The van der Waals surface area contributed by atoms with Crippen molar-refractivity contribution in [2.75, 3.05) is 12.4 Å². The Labute approximate surface area is 167 Å². The predicted octanol–water partition coefficient (Wildman–Crippen LogP) is 5.08. The van der Waals surface area contributed by atoms with Gasteiger partial charge in [0.1, 0.15) is 22.9 Å². The molecule has 0 amide bonds. The van der Waals surface area contributed by atoms with Crippen LogP contribution in [0.3, 0.4) is 0 Å². The largest absolute Gasteiger partial charge is 0.494 e. The Morgan fingerprint density at radius 1 is 1.03 bits per heavy atom. The second kappa shape index (κ2) is 7.13. The molecule has 0 saturated heterocycles. The van der Waals surface area contributed by atoms with Crippen LogP contribution in [0.1, 0.15) is 12.8 Å². The molecular formula is C23H19FN4O. The average Bonchev–Trinajstić information content (AvgIpc) is 3.58. The van der Waals surface area contributed by atoms with Gasteiger partial charge in [0.25, 0.3) is 0 Å². The summed E-state index contributed by atoms with van der Waals surface area (Å²) in [5, 5.41) is 4.30. The highest BCUT2D eigenvalue weighted by Crippen LogP contribution is 2.37. The SMILES string of the molecule is COc1cc(-c2ccccc2F)cc2c(NC3CC3)nc(-c3cccnc3)nc12. The monoisotopic (exact) mass is 386 g/mol. The summed E-state index contributed by atoms with van der Waals surface area (Å²) in [6.07, 6.45) is 5.67. The molecule has 6 heteroatoms. The van der Waals surface area contributed by atoms with Crippen molar-refractivity contribution in [2.24, 2.45) is 0 Å². The number of benzene rings is 2. The van der Waals surface area contributed by atoms with Gasteiger partial charge in [-0.3, -0.25) is 4.98 Å². The third kappa shape index (κ3) is 3.38. The predicted molar refractivity (Wildman–Crippen MR) is 111 cm³/mol. The van der Waals surface area contributed by atoms with Crippen molar-refractivity contribution in [3.8, 4) is 28.3 Å². The van der Waals surface area contributed by atoms with Crippen LogP contribution in [0, 0.1) is 5.82 Å². The number of methoxy groups -OCH3 is 1. The standard InChI is InChI=1S/C23H19FN4O/c1-29-20-12-15(17-6-2-3-7-19(17)24)11-18-21(20)27-22(14-5-4-10-25-13-14)28-23(18)26-16-8-9-16/h2-7,10-13,16H,8-9H2,1H3,(H,26,27,28). The van der Waals surface area contributed by atoms with Crippen LogP contribution in [-0.4, -0.2) is 28.1 Å². The molecule has 0 radical (unpaired) electrons. The van der Waals surface area contributed by atoms with Gasteiger partial charge >= 0.3 is 0 Å². The Hall–Kier alpha value is -3.54. The number of hydrogen-bond donors (Lipinski definition) is 1. The molecule has 1 saturated carbocycles. The maximum Gasteiger partial charge on any atom is 0.163 e. The van der Waals surface area contributed by atoms with Crippen molar-refractivity contribution in [3.63, 3.8) is 0 Å². The van der Waals surface area contributed by atoms with Crippen molar-refractivity contribution in [2.45, 2.75) is 18.9 Å². The molecular weight excluding hydrogens is 367 g/mol. The number of rotatable bonds is 5. The number of ether oxygens (including phenoxy) is 1. The molecule has 0 spiro atoms. The summed E-state index contributed by atoms with van der Waals surface area (Å²) in [7, 11) is 1.60. The third-order valence-corrected chi connectivity index (χ3v) is 5.01. The van der Waals surface area contributed by atoms with Crippen LogP contribution >= 0.6 is 0 Å². The Bertz CT molecular complexity index is 1190. The van der Waals surface area contributed by atoms with Crippen LogP contribution < -0.4 is 10.1 Å². The normalized spacial score (nSPS) is 13.4. The van der Waals surface area contributed by atoms with Crippen molar-refractivity contribution < 1.29 is 9.13 Å². The molecule has 5 nitrogen and oxygen atoms in total. The zero-order valence-electron chi connectivity index (χ0n) is 15.9. The molecule has 4 aromatic rings. The second-order valence-electron chi connectivity index (χ2n) is 7.11. The molecule has 2 aromatic carbocycles. The van der Waals surface area contributed by atoms with Crippen LogP contribution in [-0.2, 0) is 0 Å². The smallest absolute Gasteiger partial charge is 0.163 e. The van der Waals surface area contributed by atoms with Crippen LogP contribution in [0.15, 0.2) is 60.9 Å². The van der Waals surface area contributed by atoms with Crippen LogP contribution in [0.5, 0.6) is 5.75 Å². The first-order valence-electron chi connectivity index (χ1n) is 9.54. The van der Waals surface area contributed by atoms with E-state index in [1.54, 1.807) is 31.6 Å². The number of hydrogen-bond acceptors (Lipinski definition) is 5. The van der Waals surface area contributed by atoms with Crippen molar-refractivity contribution >= 4 is 16.7 Å². The maximum atomic E-state index is 14.4. The molecule has 144 valence electrons. The molecule has 1 N–H and O–H groups in total. The van der Waals surface area contributed by atoms with Gasteiger partial charge in [0, 0.05) is 34.9 Å². The minimum Gasteiger partial charge on any atom is -0.494 e. The third-order valence-electron chi connectivity index (χ3n) is 5.01.